The number of Topliss-reactive ketones (excluding diaryl/α,β-unsaturated/α-hetero) is 1. The van der Waals surface area contributed by atoms with Gasteiger partial charge in [0.1, 0.15) is 0 Å². The standard InChI is InChI=1S/C21H22N4O4/c1-14(26)15-4-6-17(7-5-15)22-19(27)13-25-10-8-16(9-11-25)20-23-24-21(29-20)18-3-2-12-28-18/h2-7,12,16H,8-11,13H2,1H3,(H,22,27). The quantitative estimate of drug-likeness (QED) is 0.640. The van der Waals surface area contributed by atoms with Crippen molar-refractivity contribution in [3.63, 3.8) is 0 Å². The number of carbonyl (C=O) groups is 2. The van der Waals surface area contributed by atoms with Gasteiger partial charge in [0.05, 0.1) is 12.8 Å². The maximum absolute atomic E-state index is 12.3. The fourth-order valence-corrected chi connectivity index (χ4v) is 3.43. The lowest BCUT2D eigenvalue weighted by Gasteiger charge is -2.29. The van der Waals surface area contributed by atoms with Gasteiger partial charge in [-0.15, -0.1) is 10.2 Å². The molecule has 2 aromatic heterocycles. The van der Waals surface area contributed by atoms with Gasteiger partial charge in [-0.3, -0.25) is 14.5 Å². The fourth-order valence-electron chi connectivity index (χ4n) is 3.43. The van der Waals surface area contributed by atoms with Crippen LogP contribution in [0.1, 0.15) is 41.9 Å². The van der Waals surface area contributed by atoms with Gasteiger partial charge in [-0.2, -0.15) is 0 Å². The van der Waals surface area contributed by atoms with Crippen LogP contribution in [0.25, 0.3) is 11.7 Å². The van der Waals surface area contributed by atoms with Gasteiger partial charge in [0.25, 0.3) is 5.89 Å². The molecule has 150 valence electrons. The van der Waals surface area contributed by atoms with Gasteiger partial charge < -0.3 is 14.2 Å². The number of anilines is 1. The summed E-state index contributed by atoms with van der Waals surface area (Å²) in [6, 6.07) is 10.5. The first-order valence-electron chi connectivity index (χ1n) is 9.59. The van der Waals surface area contributed by atoms with Crippen molar-refractivity contribution < 1.29 is 18.4 Å². The molecule has 1 N–H and O–H groups in total. The summed E-state index contributed by atoms with van der Waals surface area (Å²) in [5.74, 6) is 1.69. The summed E-state index contributed by atoms with van der Waals surface area (Å²) in [7, 11) is 0. The minimum Gasteiger partial charge on any atom is -0.459 e. The summed E-state index contributed by atoms with van der Waals surface area (Å²) < 4.78 is 11.0. The molecular formula is C21H22N4O4. The zero-order valence-corrected chi connectivity index (χ0v) is 16.1. The summed E-state index contributed by atoms with van der Waals surface area (Å²) in [5.41, 5.74) is 1.31. The molecule has 3 aromatic rings. The van der Waals surface area contributed by atoms with E-state index < -0.39 is 0 Å². The number of hydrogen-bond acceptors (Lipinski definition) is 7. The van der Waals surface area contributed by atoms with E-state index in [1.54, 1.807) is 42.7 Å². The first-order chi connectivity index (χ1) is 14.1. The van der Waals surface area contributed by atoms with Crippen molar-refractivity contribution in [1.82, 2.24) is 15.1 Å². The van der Waals surface area contributed by atoms with Crippen LogP contribution in [0, 0.1) is 0 Å². The summed E-state index contributed by atoms with van der Waals surface area (Å²) in [6.07, 6.45) is 3.27. The van der Waals surface area contributed by atoms with Gasteiger partial charge in [0.2, 0.25) is 11.8 Å². The van der Waals surface area contributed by atoms with Crippen molar-refractivity contribution in [3.8, 4) is 11.7 Å². The Kier molecular flexibility index (Phi) is 5.53. The molecule has 1 aliphatic heterocycles. The smallest absolute Gasteiger partial charge is 0.283 e. The third kappa shape index (κ3) is 4.60. The van der Waals surface area contributed by atoms with E-state index in [0.29, 0.717) is 35.3 Å². The summed E-state index contributed by atoms with van der Waals surface area (Å²) in [5, 5.41) is 11.1. The number of aromatic nitrogens is 2. The molecule has 0 unspecified atom stereocenters. The molecule has 0 aliphatic carbocycles. The van der Waals surface area contributed by atoms with Crippen molar-refractivity contribution in [3.05, 3.63) is 54.1 Å². The molecule has 0 bridgehead atoms. The molecule has 0 atom stereocenters. The van der Waals surface area contributed by atoms with E-state index in [-0.39, 0.29) is 17.6 Å². The second-order valence-corrected chi connectivity index (χ2v) is 7.15. The van der Waals surface area contributed by atoms with Gasteiger partial charge in [-0.05, 0) is 69.3 Å². The van der Waals surface area contributed by atoms with Gasteiger partial charge in [-0.25, -0.2) is 0 Å². The minimum absolute atomic E-state index is 0.00303. The van der Waals surface area contributed by atoms with Gasteiger partial charge in [0, 0.05) is 17.2 Å². The summed E-state index contributed by atoms with van der Waals surface area (Å²) in [4.78, 5) is 25.7. The number of furan rings is 1. The lowest BCUT2D eigenvalue weighted by atomic mass is 9.97. The highest BCUT2D eigenvalue weighted by atomic mass is 16.4. The maximum Gasteiger partial charge on any atom is 0.283 e. The Bertz CT molecular complexity index is 971. The van der Waals surface area contributed by atoms with Crippen LogP contribution in [0.2, 0.25) is 0 Å². The average Bonchev–Trinajstić information content (AvgIpc) is 3.41. The minimum atomic E-state index is -0.0723. The molecule has 8 nitrogen and oxygen atoms in total. The van der Waals surface area contributed by atoms with E-state index >= 15 is 0 Å². The predicted molar refractivity (Wildman–Crippen MR) is 105 cm³/mol. The molecule has 1 aromatic carbocycles. The number of hydrogen-bond donors (Lipinski definition) is 1. The lowest BCUT2D eigenvalue weighted by Crippen LogP contribution is -2.38. The van der Waals surface area contributed by atoms with Crippen LogP contribution in [0.15, 0.2) is 51.5 Å². The van der Waals surface area contributed by atoms with Crippen molar-refractivity contribution in [2.45, 2.75) is 25.7 Å². The molecule has 1 saturated heterocycles. The number of nitrogens with zero attached hydrogens (tertiary/aromatic N) is 3. The Morgan fingerprint density at radius 1 is 1.14 bits per heavy atom. The van der Waals surface area contributed by atoms with Crippen LogP contribution in [-0.2, 0) is 4.79 Å². The number of benzene rings is 1. The van der Waals surface area contributed by atoms with E-state index in [1.807, 2.05) is 0 Å². The molecule has 0 spiro atoms. The second kappa shape index (κ2) is 8.40. The van der Waals surface area contributed by atoms with Crippen molar-refractivity contribution >= 4 is 17.4 Å². The highest BCUT2D eigenvalue weighted by Crippen LogP contribution is 2.29. The zero-order valence-electron chi connectivity index (χ0n) is 16.1. The first kappa shape index (κ1) is 19.1. The Morgan fingerprint density at radius 3 is 2.55 bits per heavy atom. The Hall–Kier alpha value is -3.26. The molecule has 29 heavy (non-hydrogen) atoms. The van der Waals surface area contributed by atoms with Crippen LogP contribution in [-0.4, -0.2) is 46.4 Å². The molecular weight excluding hydrogens is 372 g/mol. The van der Waals surface area contributed by atoms with Crippen LogP contribution in [0.5, 0.6) is 0 Å². The van der Waals surface area contributed by atoms with Crippen molar-refractivity contribution in [2.75, 3.05) is 25.0 Å². The van der Waals surface area contributed by atoms with Gasteiger partial charge >= 0.3 is 0 Å². The van der Waals surface area contributed by atoms with E-state index in [1.165, 1.54) is 6.92 Å². The molecule has 1 fully saturated rings. The molecule has 4 rings (SSSR count). The first-order valence-corrected chi connectivity index (χ1v) is 9.59. The molecule has 0 radical (unpaired) electrons. The zero-order chi connectivity index (χ0) is 20.2. The molecule has 0 saturated carbocycles. The van der Waals surface area contributed by atoms with E-state index in [0.717, 1.165) is 25.9 Å². The topological polar surface area (TPSA) is 101 Å². The number of rotatable bonds is 6. The highest BCUT2D eigenvalue weighted by molar-refractivity contribution is 5.96. The highest BCUT2D eigenvalue weighted by Gasteiger charge is 2.26. The SMILES string of the molecule is CC(=O)c1ccc(NC(=O)CN2CCC(c3nnc(-c4ccco4)o3)CC2)cc1. The normalized spacial score (nSPS) is 15.3. The number of amides is 1. The van der Waals surface area contributed by atoms with E-state index in [9.17, 15) is 9.59 Å². The average molecular weight is 394 g/mol. The Labute approximate surface area is 167 Å². The fraction of sp³-hybridized carbons (Fsp3) is 0.333. The number of ketones is 1. The number of piperidine rings is 1. The van der Waals surface area contributed by atoms with E-state index in [2.05, 4.69) is 20.4 Å². The number of likely N-dealkylation sites (tertiary alicyclic amines) is 1. The molecule has 3 heterocycles. The molecule has 1 amide bonds. The number of nitrogens with one attached hydrogen (secondary N) is 1. The summed E-state index contributed by atoms with van der Waals surface area (Å²) in [6.45, 7) is 3.39. The van der Waals surface area contributed by atoms with Crippen molar-refractivity contribution in [1.29, 1.82) is 0 Å². The van der Waals surface area contributed by atoms with Crippen LogP contribution in [0.4, 0.5) is 5.69 Å². The molecule has 8 heteroatoms. The third-order valence-corrected chi connectivity index (χ3v) is 5.05. The van der Waals surface area contributed by atoms with Gasteiger partial charge in [-0.1, -0.05) is 0 Å². The number of carbonyl (C=O) groups excluding carboxylic acids is 2. The largest absolute Gasteiger partial charge is 0.459 e. The van der Waals surface area contributed by atoms with Crippen LogP contribution >= 0.6 is 0 Å². The molecule has 1 aliphatic rings. The second-order valence-electron chi connectivity index (χ2n) is 7.15. The summed E-state index contributed by atoms with van der Waals surface area (Å²) >= 11 is 0. The Balaban J connectivity index is 1.26. The van der Waals surface area contributed by atoms with E-state index in [4.69, 9.17) is 8.83 Å². The monoisotopic (exact) mass is 394 g/mol. The van der Waals surface area contributed by atoms with Crippen LogP contribution in [0.3, 0.4) is 0 Å². The Morgan fingerprint density at radius 2 is 1.90 bits per heavy atom. The lowest BCUT2D eigenvalue weighted by molar-refractivity contribution is -0.117. The third-order valence-electron chi connectivity index (χ3n) is 5.05. The predicted octanol–water partition coefficient (Wildman–Crippen LogP) is 3.35. The van der Waals surface area contributed by atoms with Crippen LogP contribution < -0.4 is 5.32 Å². The van der Waals surface area contributed by atoms with Gasteiger partial charge in [0.15, 0.2) is 11.5 Å². The van der Waals surface area contributed by atoms with Crippen molar-refractivity contribution in [2.24, 2.45) is 0 Å². The maximum atomic E-state index is 12.3.